The van der Waals surface area contributed by atoms with Crippen LogP contribution in [0.4, 0.5) is 0 Å². The highest BCUT2D eigenvalue weighted by atomic mass is 15.0. The standard InChI is InChI=1S/C16H20N2/c17-12-16(13-4-2-1-3-5-13)10-8-15(9-11-16)18-14-6-7-14/h1-5,14-15,18H,6-11H2/t15-,16+. The van der Waals surface area contributed by atoms with Crippen molar-refractivity contribution in [2.45, 2.75) is 56.0 Å². The van der Waals surface area contributed by atoms with Crippen LogP contribution in [0.2, 0.25) is 0 Å². The van der Waals surface area contributed by atoms with Crippen LogP contribution in [0.15, 0.2) is 30.3 Å². The molecule has 0 bridgehead atoms. The molecule has 0 saturated heterocycles. The molecule has 0 amide bonds. The molecule has 2 aliphatic carbocycles. The zero-order valence-electron chi connectivity index (χ0n) is 10.7. The van der Waals surface area contributed by atoms with Gasteiger partial charge in [-0.2, -0.15) is 5.26 Å². The number of hydrogen-bond donors (Lipinski definition) is 1. The number of nitriles is 1. The summed E-state index contributed by atoms with van der Waals surface area (Å²) in [6, 6.07) is 14.3. The minimum Gasteiger partial charge on any atom is -0.311 e. The minimum atomic E-state index is -0.233. The van der Waals surface area contributed by atoms with Gasteiger partial charge in [0.05, 0.1) is 11.5 Å². The Hall–Kier alpha value is -1.33. The molecule has 2 fully saturated rings. The molecule has 18 heavy (non-hydrogen) atoms. The maximum absolute atomic E-state index is 9.61. The van der Waals surface area contributed by atoms with Crippen molar-refractivity contribution in [3.05, 3.63) is 35.9 Å². The third-order valence-electron chi connectivity index (χ3n) is 4.43. The fourth-order valence-corrected chi connectivity index (χ4v) is 3.08. The lowest BCUT2D eigenvalue weighted by molar-refractivity contribution is 0.294. The molecule has 2 heteroatoms. The SMILES string of the molecule is N#C[C@]1(c2ccccc2)CC[C@@H](NC2CC2)CC1. The molecule has 3 rings (SSSR count). The smallest absolute Gasteiger partial charge is 0.0823 e. The van der Waals surface area contributed by atoms with E-state index in [4.69, 9.17) is 0 Å². The van der Waals surface area contributed by atoms with Crippen LogP contribution in [-0.2, 0) is 5.41 Å². The van der Waals surface area contributed by atoms with Crippen molar-refractivity contribution in [2.24, 2.45) is 0 Å². The Morgan fingerprint density at radius 2 is 1.61 bits per heavy atom. The number of rotatable bonds is 3. The summed E-state index contributed by atoms with van der Waals surface area (Å²) >= 11 is 0. The summed E-state index contributed by atoms with van der Waals surface area (Å²) in [5, 5.41) is 13.3. The van der Waals surface area contributed by atoms with Gasteiger partial charge in [0, 0.05) is 12.1 Å². The summed E-state index contributed by atoms with van der Waals surface area (Å²) in [5.74, 6) is 0. The van der Waals surface area contributed by atoms with E-state index < -0.39 is 0 Å². The summed E-state index contributed by atoms with van der Waals surface area (Å²) in [5.41, 5.74) is 0.973. The quantitative estimate of drug-likeness (QED) is 0.881. The van der Waals surface area contributed by atoms with Crippen LogP contribution in [0.25, 0.3) is 0 Å². The van der Waals surface area contributed by atoms with Crippen LogP contribution in [0.1, 0.15) is 44.1 Å². The molecule has 0 radical (unpaired) electrons. The summed E-state index contributed by atoms with van der Waals surface area (Å²) in [4.78, 5) is 0. The lowest BCUT2D eigenvalue weighted by atomic mass is 9.69. The minimum absolute atomic E-state index is 0.233. The molecule has 0 unspecified atom stereocenters. The van der Waals surface area contributed by atoms with E-state index in [1.54, 1.807) is 0 Å². The van der Waals surface area contributed by atoms with E-state index >= 15 is 0 Å². The van der Waals surface area contributed by atoms with Gasteiger partial charge < -0.3 is 5.32 Å². The molecule has 2 nitrogen and oxygen atoms in total. The monoisotopic (exact) mass is 240 g/mol. The molecule has 2 aliphatic rings. The van der Waals surface area contributed by atoms with Crippen molar-refractivity contribution < 1.29 is 0 Å². The first kappa shape index (κ1) is 11.7. The van der Waals surface area contributed by atoms with Gasteiger partial charge in [0.2, 0.25) is 0 Å². The third-order valence-corrected chi connectivity index (χ3v) is 4.43. The van der Waals surface area contributed by atoms with Crippen LogP contribution in [0.3, 0.4) is 0 Å². The molecular formula is C16H20N2. The van der Waals surface area contributed by atoms with Gasteiger partial charge in [0.25, 0.3) is 0 Å². The van der Waals surface area contributed by atoms with Gasteiger partial charge in [-0.1, -0.05) is 30.3 Å². The van der Waals surface area contributed by atoms with Gasteiger partial charge in [-0.3, -0.25) is 0 Å². The number of nitrogens with zero attached hydrogens (tertiary/aromatic N) is 1. The van der Waals surface area contributed by atoms with Gasteiger partial charge in [-0.05, 0) is 44.1 Å². The summed E-state index contributed by atoms with van der Waals surface area (Å²) < 4.78 is 0. The molecule has 0 aliphatic heterocycles. The van der Waals surface area contributed by atoms with Crippen LogP contribution in [0, 0.1) is 11.3 Å². The highest BCUT2D eigenvalue weighted by Gasteiger charge is 2.38. The average molecular weight is 240 g/mol. The van der Waals surface area contributed by atoms with E-state index in [9.17, 15) is 5.26 Å². The largest absolute Gasteiger partial charge is 0.311 e. The molecule has 1 N–H and O–H groups in total. The van der Waals surface area contributed by atoms with Crippen LogP contribution in [0.5, 0.6) is 0 Å². The number of benzene rings is 1. The average Bonchev–Trinajstić information content (AvgIpc) is 3.25. The van der Waals surface area contributed by atoms with Crippen molar-refractivity contribution in [3.63, 3.8) is 0 Å². The third kappa shape index (κ3) is 2.28. The van der Waals surface area contributed by atoms with Crippen molar-refractivity contribution in [3.8, 4) is 6.07 Å². The second kappa shape index (κ2) is 4.74. The van der Waals surface area contributed by atoms with Crippen molar-refractivity contribution in [2.75, 3.05) is 0 Å². The summed E-state index contributed by atoms with van der Waals surface area (Å²) in [6.45, 7) is 0. The Morgan fingerprint density at radius 3 is 2.17 bits per heavy atom. The highest BCUT2D eigenvalue weighted by molar-refractivity contribution is 5.33. The second-order valence-electron chi connectivity index (χ2n) is 5.78. The molecule has 94 valence electrons. The van der Waals surface area contributed by atoms with E-state index in [1.807, 2.05) is 18.2 Å². The van der Waals surface area contributed by atoms with E-state index in [1.165, 1.54) is 18.4 Å². The Morgan fingerprint density at radius 1 is 1.00 bits per heavy atom. The first-order chi connectivity index (χ1) is 8.82. The Labute approximate surface area is 109 Å². The van der Waals surface area contributed by atoms with Gasteiger partial charge in [0.1, 0.15) is 0 Å². The number of nitrogens with one attached hydrogen (secondary N) is 1. The fraction of sp³-hybridized carbons (Fsp3) is 0.562. The molecule has 1 aromatic carbocycles. The van der Waals surface area contributed by atoms with E-state index in [-0.39, 0.29) is 5.41 Å². The van der Waals surface area contributed by atoms with Gasteiger partial charge in [0.15, 0.2) is 0 Å². The maximum Gasteiger partial charge on any atom is 0.0823 e. The molecule has 0 aromatic heterocycles. The number of hydrogen-bond acceptors (Lipinski definition) is 2. The van der Waals surface area contributed by atoms with Crippen molar-refractivity contribution in [1.29, 1.82) is 5.26 Å². The molecule has 2 saturated carbocycles. The van der Waals surface area contributed by atoms with Gasteiger partial charge in [-0.25, -0.2) is 0 Å². The Balaban J connectivity index is 1.69. The van der Waals surface area contributed by atoms with Gasteiger partial charge in [-0.15, -0.1) is 0 Å². The fourth-order valence-electron chi connectivity index (χ4n) is 3.08. The molecule has 0 atom stereocenters. The summed E-state index contributed by atoms with van der Waals surface area (Å²) in [6.07, 6.45) is 6.96. The van der Waals surface area contributed by atoms with E-state index in [0.29, 0.717) is 6.04 Å². The topological polar surface area (TPSA) is 35.8 Å². The molecule has 1 aromatic rings. The molecule has 0 spiro atoms. The molecular weight excluding hydrogens is 220 g/mol. The lowest BCUT2D eigenvalue weighted by Crippen LogP contribution is -2.40. The molecule has 0 heterocycles. The lowest BCUT2D eigenvalue weighted by Gasteiger charge is -2.35. The van der Waals surface area contributed by atoms with Crippen molar-refractivity contribution in [1.82, 2.24) is 5.32 Å². The first-order valence-corrected chi connectivity index (χ1v) is 7.05. The van der Waals surface area contributed by atoms with Gasteiger partial charge >= 0.3 is 0 Å². The Kier molecular flexibility index (Phi) is 3.09. The van der Waals surface area contributed by atoms with Crippen LogP contribution >= 0.6 is 0 Å². The predicted octanol–water partition coefficient (Wildman–Crippen LogP) is 3.14. The maximum atomic E-state index is 9.61. The van der Waals surface area contributed by atoms with Crippen LogP contribution in [-0.4, -0.2) is 12.1 Å². The first-order valence-electron chi connectivity index (χ1n) is 7.05. The Bertz CT molecular complexity index is 434. The van der Waals surface area contributed by atoms with E-state index in [0.717, 1.165) is 31.7 Å². The zero-order chi connectivity index (χ0) is 12.4. The van der Waals surface area contributed by atoms with Crippen LogP contribution < -0.4 is 5.32 Å². The summed E-state index contributed by atoms with van der Waals surface area (Å²) in [7, 11) is 0. The highest BCUT2D eigenvalue weighted by Crippen LogP contribution is 2.39. The normalized spacial score (nSPS) is 31.8. The van der Waals surface area contributed by atoms with Crippen molar-refractivity contribution >= 4 is 0 Å². The zero-order valence-corrected chi connectivity index (χ0v) is 10.7. The predicted molar refractivity (Wildman–Crippen MR) is 72.1 cm³/mol. The second-order valence-corrected chi connectivity index (χ2v) is 5.78. The van der Waals surface area contributed by atoms with E-state index in [2.05, 4.69) is 23.5 Å².